The van der Waals surface area contributed by atoms with Crippen LogP contribution in [0.2, 0.25) is 0 Å². The third-order valence-electron chi connectivity index (χ3n) is 4.26. The van der Waals surface area contributed by atoms with Gasteiger partial charge in [-0.15, -0.1) is 0 Å². The monoisotopic (exact) mass is 403 g/mol. The molecule has 0 aliphatic carbocycles. The van der Waals surface area contributed by atoms with Crippen molar-refractivity contribution in [2.24, 2.45) is 0 Å². The third-order valence-corrected chi connectivity index (χ3v) is 4.26. The molecule has 1 aromatic carbocycles. The number of aromatic nitrogens is 2. The van der Waals surface area contributed by atoms with E-state index in [0.717, 1.165) is 48.9 Å². The van der Waals surface area contributed by atoms with Crippen LogP contribution in [-0.4, -0.2) is 55.3 Å². The molecule has 1 aliphatic heterocycles. The van der Waals surface area contributed by atoms with Gasteiger partial charge in [0.05, 0.1) is 13.2 Å². The molecule has 0 unspecified atom stereocenters. The van der Waals surface area contributed by atoms with Gasteiger partial charge in [0.1, 0.15) is 17.5 Å². The Balaban J connectivity index is 1.47. The molecule has 29 heavy (non-hydrogen) atoms. The first-order valence-electron chi connectivity index (χ1n) is 9.34. The van der Waals surface area contributed by atoms with Gasteiger partial charge < -0.3 is 20.3 Å². The second-order valence-corrected chi connectivity index (χ2v) is 6.51. The molecular weight excluding hydrogens is 380 g/mol. The molecule has 0 bridgehead atoms. The highest BCUT2D eigenvalue weighted by atomic mass is 19.1. The van der Waals surface area contributed by atoms with Crippen molar-refractivity contribution >= 4 is 23.7 Å². The highest BCUT2D eigenvalue weighted by Gasteiger charge is 2.14. The van der Waals surface area contributed by atoms with Crippen LogP contribution >= 0.6 is 0 Å². The lowest BCUT2D eigenvalue weighted by atomic mass is 10.2. The zero-order valence-electron chi connectivity index (χ0n) is 16.1. The fourth-order valence-corrected chi connectivity index (χ4v) is 2.81. The van der Waals surface area contributed by atoms with Crippen LogP contribution in [0.4, 0.5) is 20.5 Å². The lowest BCUT2D eigenvalue weighted by Gasteiger charge is -2.28. The summed E-state index contributed by atoms with van der Waals surface area (Å²) in [5.41, 5.74) is 0.857. The van der Waals surface area contributed by atoms with E-state index in [1.807, 2.05) is 13.0 Å². The molecule has 1 aromatic heterocycles. The van der Waals surface area contributed by atoms with Gasteiger partial charge in [0.25, 0.3) is 0 Å². The molecule has 1 fully saturated rings. The first kappa shape index (κ1) is 20.7. The van der Waals surface area contributed by atoms with Gasteiger partial charge in [-0.2, -0.15) is 4.98 Å². The summed E-state index contributed by atoms with van der Waals surface area (Å²) in [5, 5.41) is 5.75. The molecule has 2 heterocycles. The summed E-state index contributed by atoms with van der Waals surface area (Å²) in [6.07, 6.45) is 2.40. The zero-order chi connectivity index (χ0) is 20.6. The van der Waals surface area contributed by atoms with Crippen molar-refractivity contribution < 1.29 is 18.3 Å². The number of rotatable bonds is 7. The minimum absolute atomic E-state index is 0.0158. The zero-order valence-corrected chi connectivity index (χ0v) is 16.1. The Hall–Kier alpha value is -3.07. The van der Waals surface area contributed by atoms with E-state index in [1.165, 1.54) is 6.08 Å². The van der Waals surface area contributed by atoms with Crippen LogP contribution in [0.3, 0.4) is 0 Å². The maximum Gasteiger partial charge on any atom is 0.244 e. The molecule has 1 saturated heterocycles. The smallest absolute Gasteiger partial charge is 0.244 e. The Morgan fingerprint density at radius 2 is 2.00 bits per heavy atom. The van der Waals surface area contributed by atoms with Crippen molar-refractivity contribution in [3.63, 3.8) is 0 Å². The fraction of sp³-hybridized carbons (Fsp3) is 0.350. The van der Waals surface area contributed by atoms with Gasteiger partial charge in [0.15, 0.2) is 0 Å². The highest BCUT2D eigenvalue weighted by molar-refractivity contribution is 5.91. The maximum absolute atomic E-state index is 13.5. The molecule has 0 atom stereocenters. The second-order valence-electron chi connectivity index (χ2n) is 6.51. The number of halogens is 2. The normalized spacial score (nSPS) is 14.2. The van der Waals surface area contributed by atoms with Crippen LogP contribution in [0.15, 0.2) is 30.3 Å². The van der Waals surface area contributed by atoms with E-state index in [4.69, 9.17) is 4.74 Å². The molecule has 7 nitrogen and oxygen atoms in total. The van der Waals surface area contributed by atoms with Gasteiger partial charge in [-0.05, 0) is 31.2 Å². The predicted octanol–water partition coefficient (Wildman–Crippen LogP) is 2.14. The van der Waals surface area contributed by atoms with Gasteiger partial charge in [0.2, 0.25) is 11.9 Å². The first-order valence-corrected chi connectivity index (χ1v) is 9.34. The molecule has 0 radical (unpaired) electrons. The molecule has 3 rings (SSSR count). The average molecular weight is 403 g/mol. The van der Waals surface area contributed by atoms with Gasteiger partial charge in [0, 0.05) is 49.6 Å². The molecule has 2 aromatic rings. The summed E-state index contributed by atoms with van der Waals surface area (Å²) in [4.78, 5) is 22.9. The van der Waals surface area contributed by atoms with Gasteiger partial charge in [-0.1, -0.05) is 0 Å². The predicted molar refractivity (Wildman–Crippen MR) is 107 cm³/mol. The number of nitrogens with one attached hydrogen (secondary N) is 2. The van der Waals surface area contributed by atoms with Crippen molar-refractivity contribution in [1.82, 2.24) is 15.3 Å². The average Bonchev–Trinajstić information content (AvgIpc) is 2.72. The number of ether oxygens (including phenoxy) is 1. The number of hydrogen-bond acceptors (Lipinski definition) is 6. The quantitative estimate of drug-likeness (QED) is 0.545. The number of nitrogens with zero attached hydrogens (tertiary/aromatic N) is 3. The van der Waals surface area contributed by atoms with Crippen LogP contribution in [0.1, 0.15) is 11.3 Å². The van der Waals surface area contributed by atoms with Crippen LogP contribution in [0, 0.1) is 18.6 Å². The molecule has 0 saturated carbocycles. The summed E-state index contributed by atoms with van der Waals surface area (Å²) >= 11 is 0. The van der Waals surface area contributed by atoms with E-state index in [0.29, 0.717) is 32.3 Å². The lowest BCUT2D eigenvalue weighted by Crippen LogP contribution is -2.37. The number of carbonyl (C=O) groups is 1. The molecule has 9 heteroatoms. The standard InChI is InChI=1S/C20H23F2N5O2/c1-14-12-18(27-8-10-29-11-9-27)26-20(25-14)24-7-6-23-19(28)5-2-15-13-16(21)3-4-17(15)22/h2-5,12-13H,6-11H2,1H3,(H,23,28)(H,24,25,26)/b5-2+. The number of morpholine rings is 1. The number of amides is 1. The molecule has 1 aliphatic rings. The summed E-state index contributed by atoms with van der Waals surface area (Å²) in [6, 6.07) is 5.00. The maximum atomic E-state index is 13.5. The lowest BCUT2D eigenvalue weighted by molar-refractivity contribution is -0.116. The van der Waals surface area contributed by atoms with Crippen molar-refractivity contribution in [2.75, 3.05) is 49.6 Å². The second kappa shape index (κ2) is 9.92. The van der Waals surface area contributed by atoms with Crippen molar-refractivity contribution in [1.29, 1.82) is 0 Å². The topological polar surface area (TPSA) is 79.4 Å². The van der Waals surface area contributed by atoms with Crippen LogP contribution < -0.4 is 15.5 Å². The Morgan fingerprint density at radius 1 is 1.21 bits per heavy atom. The number of anilines is 2. The van der Waals surface area contributed by atoms with Crippen LogP contribution in [-0.2, 0) is 9.53 Å². The molecule has 1 amide bonds. The number of aryl methyl sites for hydroxylation is 1. The Kier molecular flexibility index (Phi) is 7.07. The molecular formula is C20H23F2N5O2. The van der Waals surface area contributed by atoms with E-state index in [-0.39, 0.29) is 5.56 Å². The summed E-state index contributed by atoms with van der Waals surface area (Å²) in [5.74, 6) is -0.241. The van der Waals surface area contributed by atoms with Crippen molar-refractivity contribution in [3.8, 4) is 0 Å². The van der Waals surface area contributed by atoms with Gasteiger partial charge in [-0.25, -0.2) is 13.8 Å². The Bertz CT molecular complexity index is 885. The number of hydrogen-bond donors (Lipinski definition) is 2. The minimum atomic E-state index is -0.593. The van der Waals surface area contributed by atoms with Crippen molar-refractivity contribution in [3.05, 3.63) is 53.2 Å². The minimum Gasteiger partial charge on any atom is -0.378 e. The van der Waals surface area contributed by atoms with Crippen LogP contribution in [0.25, 0.3) is 6.08 Å². The highest BCUT2D eigenvalue weighted by Crippen LogP contribution is 2.16. The van der Waals surface area contributed by atoms with Gasteiger partial charge >= 0.3 is 0 Å². The summed E-state index contributed by atoms with van der Waals surface area (Å²) in [7, 11) is 0. The Labute approximate surface area is 167 Å². The van der Waals surface area contributed by atoms with E-state index in [2.05, 4.69) is 25.5 Å². The number of benzene rings is 1. The third kappa shape index (κ3) is 6.21. The van der Waals surface area contributed by atoms with Crippen molar-refractivity contribution in [2.45, 2.75) is 6.92 Å². The van der Waals surface area contributed by atoms with E-state index in [9.17, 15) is 13.6 Å². The largest absolute Gasteiger partial charge is 0.378 e. The Morgan fingerprint density at radius 3 is 2.79 bits per heavy atom. The molecule has 2 N–H and O–H groups in total. The van der Waals surface area contributed by atoms with E-state index in [1.54, 1.807) is 0 Å². The van der Waals surface area contributed by atoms with E-state index >= 15 is 0 Å². The fourth-order valence-electron chi connectivity index (χ4n) is 2.81. The molecule has 0 spiro atoms. The SMILES string of the molecule is Cc1cc(N2CCOCC2)nc(NCCNC(=O)/C=C/c2cc(F)ccc2F)n1. The molecule has 154 valence electrons. The van der Waals surface area contributed by atoms with Gasteiger partial charge in [-0.3, -0.25) is 4.79 Å². The van der Waals surface area contributed by atoms with E-state index < -0.39 is 17.5 Å². The number of carbonyl (C=O) groups excluding carboxylic acids is 1. The summed E-state index contributed by atoms with van der Waals surface area (Å²) < 4.78 is 32.0. The summed E-state index contributed by atoms with van der Waals surface area (Å²) in [6.45, 7) is 5.54. The van der Waals surface area contributed by atoms with Crippen LogP contribution in [0.5, 0.6) is 0 Å². The first-order chi connectivity index (χ1) is 14.0.